The van der Waals surface area contributed by atoms with Crippen LogP contribution in [0.1, 0.15) is 30.7 Å². The van der Waals surface area contributed by atoms with Crippen LogP contribution in [0.25, 0.3) is 10.2 Å². The number of rotatable bonds is 9. The molecule has 0 unspecified atom stereocenters. The highest BCUT2D eigenvalue weighted by Gasteiger charge is 2.11. The summed E-state index contributed by atoms with van der Waals surface area (Å²) in [6, 6.07) is 8.10. The molecule has 0 saturated carbocycles. The monoisotopic (exact) mass is 376 g/mol. The molecular weight excluding hydrogens is 356 g/mol. The van der Waals surface area contributed by atoms with Crippen molar-refractivity contribution in [2.75, 3.05) is 12.3 Å². The topological polar surface area (TPSA) is 80.9 Å². The summed E-state index contributed by atoms with van der Waals surface area (Å²) in [5.74, 6) is 0.865. The molecule has 2 heterocycles. The fourth-order valence-electron chi connectivity index (χ4n) is 2.22. The molecule has 0 aliphatic rings. The summed E-state index contributed by atoms with van der Waals surface area (Å²) in [6.45, 7) is 2.81. The van der Waals surface area contributed by atoms with Gasteiger partial charge in [0, 0.05) is 19.4 Å². The molecule has 0 radical (unpaired) electrons. The third-order valence-electron chi connectivity index (χ3n) is 3.52. The molecule has 0 aliphatic carbocycles. The second-order valence-electron chi connectivity index (χ2n) is 5.53. The van der Waals surface area contributed by atoms with Crippen molar-refractivity contribution < 1.29 is 9.21 Å². The molecule has 2 aromatic heterocycles. The SMILES string of the molecule is CCCCNC(=O)CSc1nnc(CCc2nc3ccccc3s2)o1. The molecule has 1 amide bonds. The maximum absolute atomic E-state index is 11.7. The predicted molar refractivity (Wildman–Crippen MR) is 100.0 cm³/mol. The first-order chi connectivity index (χ1) is 12.2. The molecule has 1 N–H and O–H groups in total. The highest BCUT2D eigenvalue weighted by atomic mass is 32.2. The van der Waals surface area contributed by atoms with Gasteiger partial charge in [0.15, 0.2) is 0 Å². The number of nitrogens with one attached hydrogen (secondary N) is 1. The Bertz CT molecular complexity index is 798. The number of hydrogen-bond acceptors (Lipinski definition) is 7. The second kappa shape index (κ2) is 8.96. The van der Waals surface area contributed by atoms with Crippen LogP contribution in [-0.2, 0) is 17.6 Å². The molecular formula is C17H20N4O2S2. The molecule has 3 aromatic rings. The maximum Gasteiger partial charge on any atom is 0.277 e. The molecule has 0 aliphatic heterocycles. The van der Waals surface area contributed by atoms with E-state index in [0.29, 0.717) is 29.8 Å². The number of unbranched alkanes of at least 4 members (excludes halogenated alkanes) is 1. The van der Waals surface area contributed by atoms with E-state index in [2.05, 4.69) is 33.5 Å². The van der Waals surface area contributed by atoms with Gasteiger partial charge in [0.2, 0.25) is 11.8 Å². The van der Waals surface area contributed by atoms with Crippen LogP contribution in [-0.4, -0.2) is 33.4 Å². The molecule has 0 bridgehead atoms. The minimum Gasteiger partial charge on any atom is -0.416 e. The minimum atomic E-state index is -0.00678. The largest absolute Gasteiger partial charge is 0.416 e. The van der Waals surface area contributed by atoms with Gasteiger partial charge in [-0.25, -0.2) is 4.98 Å². The summed E-state index contributed by atoms with van der Waals surface area (Å²) in [5.41, 5.74) is 1.03. The number of aromatic nitrogens is 3. The third kappa shape index (κ3) is 5.27. The molecule has 6 nitrogen and oxygen atoms in total. The van der Waals surface area contributed by atoms with E-state index >= 15 is 0 Å². The number of thiazole rings is 1. The minimum absolute atomic E-state index is 0.00678. The molecule has 132 valence electrons. The Kier molecular flexibility index (Phi) is 6.41. The van der Waals surface area contributed by atoms with E-state index in [4.69, 9.17) is 4.42 Å². The number of para-hydroxylation sites is 1. The highest BCUT2D eigenvalue weighted by molar-refractivity contribution is 7.99. The fraction of sp³-hybridized carbons (Fsp3) is 0.412. The summed E-state index contributed by atoms with van der Waals surface area (Å²) in [6.07, 6.45) is 3.47. The molecule has 0 atom stereocenters. The van der Waals surface area contributed by atoms with Crippen molar-refractivity contribution in [2.24, 2.45) is 0 Å². The zero-order valence-electron chi connectivity index (χ0n) is 14.0. The van der Waals surface area contributed by atoms with Gasteiger partial charge in [0.25, 0.3) is 5.22 Å². The van der Waals surface area contributed by atoms with E-state index < -0.39 is 0 Å². The number of fused-ring (bicyclic) bond motifs is 1. The Morgan fingerprint density at radius 1 is 1.28 bits per heavy atom. The normalized spacial score (nSPS) is 11.1. The van der Waals surface area contributed by atoms with Gasteiger partial charge < -0.3 is 9.73 Å². The van der Waals surface area contributed by atoms with Crippen molar-refractivity contribution in [3.63, 3.8) is 0 Å². The number of hydrogen-bond donors (Lipinski definition) is 1. The first-order valence-electron chi connectivity index (χ1n) is 8.31. The Balaban J connectivity index is 1.46. The van der Waals surface area contributed by atoms with Gasteiger partial charge in [-0.1, -0.05) is 37.2 Å². The van der Waals surface area contributed by atoms with E-state index in [-0.39, 0.29) is 5.91 Å². The number of amides is 1. The highest BCUT2D eigenvalue weighted by Crippen LogP contribution is 2.23. The Morgan fingerprint density at radius 2 is 2.16 bits per heavy atom. The summed E-state index contributed by atoms with van der Waals surface area (Å²) < 4.78 is 6.78. The van der Waals surface area contributed by atoms with Crippen LogP contribution in [0.2, 0.25) is 0 Å². The van der Waals surface area contributed by atoms with E-state index in [1.165, 1.54) is 16.5 Å². The van der Waals surface area contributed by atoms with Gasteiger partial charge >= 0.3 is 0 Å². The van der Waals surface area contributed by atoms with Crippen LogP contribution in [0.3, 0.4) is 0 Å². The van der Waals surface area contributed by atoms with E-state index in [0.717, 1.165) is 29.8 Å². The van der Waals surface area contributed by atoms with Crippen molar-refractivity contribution in [3.05, 3.63) is 35.2 Å². The number of aryl methyl sites for hydroxylation is 2. The molecule has 0 spiro atoms. The molecule has 0 saturated heterocycles. The smallest absolute Gasteiger partial charge is 0.277 e. The number of carbonyl (C=O) groups excluding carboxylic acids is 1. The van der Waals surface area contributed by atoms with Crippen LogP contribution in [0, 0.1) is 0 Å². The quantitative estimate of drug-likeness (QED) is 0.455. The second-order valence-corrected chi connectivity index (χ2v) is 7.57. The zero-order valence-corrected chi connectivity index (χ0v) is 15.7. The molecule has 1 aromatic carbocycles. The Labute approximate surface area is 154 Å². The van der Waals surface area contributed by atoms with E-state index in [9.17, 15) is 4.79 Å². The number of thioether (sulfide) groups is 1. The summed E-state index contributed by atoms with van der Waals surface area (Å²) in [5, 5.41) is 12.4. The lowest BCUT2D eigenvalue weighted by atomic mass is 10.3. The summed E-state index contributed by atoms with van der Waals surface area (Å²) in [4.78, 5) is 16.3. The number of benzene rings is 1. The van der Waals surface area contributed by atoms with Gasteiger partial charge in [0.05, 0.1) is 21.0 Å². The van der Waals surface area contributed by atoms with Gasteiger partial charge in [-0.3, -0.25) is 4.79 Å². The lowest BCUT2D eigenvalue weighted by molar-refractivity contribution is -0.118. The van der Waals surface area contributed by atoms with Gasteiger partial charge in [-0.05, 0) is 18.6 Å². The molecule has 8 heteroatoms. The Morgan fingerprint density at radius 3 is 3.00 bits per heavy atom. The van der Waals surface area contributed by atoms with Crippen LogP contribution < -0.4 is 5.32 Å². The summed E-state index contributed by atoms with van der Waals surface area (Å²) >= 11 is 2.96. The molecule has 3 rings (SSSR count). The van der Waals surface area contributed by atoms with Crippen LogP contribution in [0.5, 0.6) is 0 Å². The van der Waals surface area contributed by atoms with Crippen molar-refractivity contribution >= 4 is 39.2 Å². The van der Waals surface area contributed by atoms with Crippen molar-refractivity contribution in [1.82, 2.24) is 20.5 Å². The van der Waals surface area contributed by atoms with Crippen molar-refractivity contribution in [1.29, 1.82) is 0 Å². The maximum atomic E-state index is 11.7. The molecule has 0 fully saturated rings. The zero-order chi connectivity index (χ0) is 17.5. The predicted octanol–water partition coefficient (Wildman–Crippen LogP) is 3.47. The van der Waals surface area contributed by atoms with Crippen LogP contribution in [0.4, 0.5) is 0 Å². The lowest BCUT2D eigenvalue weighted by Crippen LogP contribution is -2.25. The summed E-state index contributed by atoms with van der Waals surface area (Å²) in [7, 11) is 0. The first kappa shape index (κ1) is 17.9. The van der Waals surface area contributed by atoms with Gasteiger partial charge in [0.1, 0.15) is 0 Å². The van der Waals surface area contributed by atoms with Crippen molar-refractivity contribution in [3.8, 4) is 0 Å². The van der Waals surface area contributed by atoms with Gasteiger partial charge in [-0.2, -0.15) is 0 Å². The average Bonchev–Trinajstić information content (AvgIpc) is 3.24. The van der Waals surface area contributed by atoms with E-state index in [1.807, 2.05) is 18.2 Å². The van der Waals surface area contributed by atoms with Crippen LogP contribution >= 0.6 is 23.1 Å². The first-order valence-corrected chi connectivity index (χ1v) is 10.1. The fourth-order valence-corrected chi connectivity index (χ4v) is 3.80. The van der Waals surface area contributed by atoms with Crippen LogP contribution in [0.15, 0.2) is 33.9 Å². The van der Waals surface area contributed by atoms with Gasteiger partial charge in [-0.15, -0.1) is 21.5 Å². The Hall–Kier alpha value is -1.93. The number of carbonyl (C=O) groups is 1. The third-order valence-corrected chi connectivity index (χ3v) is 5.43. The standard InChI is InChI=1S/C17H20N4O2S2/c1-2-3-10-18-14(22)11-24-17-21-20-15(23-17)8-9-16-19-12-6-4-5-7-13(12)25-16/h4-7H,2-3,8-11H2,1H3,(H,18,22). The molecule has 25 heavy (non-hydrogen) atoms. The lowest BCUT2D eigenvalue weighted by Gasteiger charge is -2.01. The average molecular weight is 377 g/mol. The van der Waals surface area contributed by atoms with E-state index in [1.54, 1.807) is 11.3 Å². The van der Waals surface area contributed by atoms with Crippen molar-refractivity contribution in [2.45, 2.75) is 37.8 Å². The number of nitrogens with zero attached hydrogens (tertiary/aromatic N) is 3.